The molecule has 0 bridgehead atoms. The summed E-state index contributed by atoms with van der Waals surface area (Å²) in [7, 11) is 5.35. The van der Waals surface area contributed by atoms with E-state index in [0.29, 0.717) is 18.3 Å². The van der Waals surface area contributed by atoms with Gasteiger partial charge in [-0.15, -0.1) is 0 Å². The number of hydrogen-bond acceptors (Lipinski definition) is 3. The zero-order valence-electron chi connectivity index (χ0n) is 14.9. The van der Waals surface area contributed by atoms with E-state index in [-0.39, 0.29) is 0 Å². The van der Waals surface area contributed by atoms with Crippen LogP contribution in [0.4, 0.5) is 0 Å². The summed E-state index contributed by atoms with van der Waals surface area (Å²) in [5, 5.41) is 0. The first kappa shape index (κ1) is 22.2. The average molecular weight is 290 g/mol. The van der Waals surface area contributed by atoms with Gasteiger partial charge in [-0.3, -0.25) is 0 Å². The lowest BCUT2D eigenvalue weighted by Gasteiger charge is -2.15. The van der Waals surface area contributed by atoms with Gasteiger partial charge in [-0.25, -0.2) is 0 Å². The van der Waals surface area contributed by atoms with E-state index in [2.05, 4.69) is 27.7 Å². The van der Waals surface area contributed by atoms with Crippen LogP contribution in [0, 0.1) is 0 Å². The van der Waals surface area contributed by atoms with Gasteiger partial charge in [0.05, 0.1) is 18.3 Å². The summed E-state index contributed by atoms with van der Waals surface area (Å²) >= 11 is 0. The molecule has 0 aromatic rings. The summed E-state index contributed by atoms with van der Waals surface area (Å²) in [6.45, 7) is 8.61. The molecule has 0 aromatic carbocycles. The molecule has 0 aliphatic heterocycles. The van der Waals surface area contributed by atoms with Gasteiger partial charge >= 0.3 is 0 Å². The first-order valence-electron chi connectivity index (χ1n) is 8.21. The Kier molecular flexibility index (Phi) is 18.8. The normalized spacial score (nSPS) is 13.8. The summed E-state index contributed by atoms with van der Waals surface area (Å²) in [5.74, 6) is 0. The van der Waals surface area contributed by atoms with Gasteiger partial charge in [0.25, 0.3) is 0 Å². The van der Waals surface area contributed by atoms with Gasteiger partial charge in [0.1, 0.15) is 0 Å². The number of hydrogen-bond donors (Lipinski definition) is 0. The molecule has 3 nitrogen and oxygen atoms in total. The van der Waals surface area contributed by atoms with Crippen molar-refractivity contribution >= 4 is 0 Å². The molecule has 2 atom stereocenters. The Labute approximate surface area is 127 Å². The molecule has 3 heteroatoms. The minimum Gasteiger partial charge on any atom is -0.381 e. The molecule has 0 fully saturated rings. The molecule has 20 heavy (non-hydrogen) atoms. The molecule has 0 radical (unpaired) electrons. The highest BCUT2D eigenvalue weighted by Crippen LogP contribution is 2.12. The van der Waals surface area contributed by atoms with Gasteiger partial charge in [-0.2, -0.15) is 0 Å². The molecule has 0 saturated heterocycles. The average Bonchev–Trinajstić information content (AvgIpc) is 2.50. The van der Waals surface area contributed by atoms with Crippen molar-refractivity contribution in [2.45, 2.75) is 91.0 Å². The molecule has 0 amide bonds. The summed E-state index contributed by atoms with van der Waals surface area (Å²) in [6, 6.07) is 0. The first-order valence-corrected chi connectivity index (χ1v) is 8.21. The lowest BCUT2D eigenvalue weighted by atomic mass is 10.1. The Morgan fingerprint density at radius 1 is 0.550 bits per heavy atom. The van der Waals surface area contributed by atoms with Crippen molar-refractivity contribution in [2.24, 2.45) is 0 Å². The smallest absolute Gasteiger partial charge is 0.0568 e. The van der Waals surface area contributed by atoms with Crippen molar-refractivity contribution < 1.29 is 14.2 Å². The second-order valence-electron chi connectivity index (χ2n) is 5.14. The van der Waals surface area contributed by atoms with Crippen molar-refractivity contribution in [1.82, 2.24) is 0 Å². The highest BCUT2D eigenvalue weighted by atomic mass is 16.5. The molecule has 2 unspecified atom stereocenters. The largest absolute Gasteiger partial charge is 0.381 e. The summed E-state index contributed by atoms with van der Waals surface area (Å²) in [6.07, 6.45) is 9.38. The molecule has 0 heterocycles. The SMILES string of the molecule is CCC(CC)OC.CCC(CCCC(CC)OC)OC. The molecular weight excluding hydrogens is 252 g/mol. The molecule has 0 spiro atoms. The van der Waals surface area contributed by atoms with Gasteiger partial charge in [0.2, 0.25) is 0 Å². The van der Waals surface area contributed by atoms with Crippen molar-refractivity contribution in [2.75, 3.05) is 21.3 Å². The molecular formula is C17H38O3. The molecule has 0 saturated carbocycles. The van der Waals surface area contributed by atoms with Gasteiger partial charge in [-0.1, -0.05) is 27.7 Å². The van der Waals surface area contributed by atoms with Crippen molar-refractivity contribution in [3.8, 4) is 0 Å². The van der Waals surface area contributed by atoms with Crippen LogP contribution in [0.5, 0.6) is 0 Å². The Morgan fingerprint density at radius 2 is 0.850 bits per heavy atom. The van der Waals surface area contributed by atoms with Crippen molar-refractivity contribution in [3.05, 3.63) is 0 Å². The summed E-state index contributed by atoms with van der Waals surface area (Å²) in [4.78, 5) is 0. The first-order chi connectivity index (χ1) is 9.62. The van der Waals surface area contributed by atoms with E-state index in [1.807, 2.05) is 0 Å². The van der Waals surface area contributed by atoms with Crippen molar-refractivity contribution in [1.29, 1.82) is 0 Å². The number of rotatable bonds is 11. The zero-order chi connectivity index (χ0) is 15.8. The maximum absolute atomic E-state index is 5.31. The summed E-state index contributed by atoms with van der Waals surface area (Å²) in [5.41, 5.74) is 0. The van der Waals surface area contributed by atoms with Crippen LogP contribution in [0.3, 0.4) is 0 Å². The van der Waals surface area contributed by atoms with Crippen LogP contribution in [-0.4, -0.2) is 39.6 Å². The van der Waals surface area contributed by atoms with Crippen LogP contribution in [0.25, 0.3) is 0 Å². The van der Waals surface area contributed by atoms with Crippen LogP contribution in [0.2, 0.25) is 0 Å². The standard InChI is InChI=1S/C11H24O2.C6H14O/c1-5-10(12-3)8-7-9-11(6-2)13-4;1-4-6(5-2)7-3/h10-11H,5-9H2,1-4H3;6H,4-5H2,1-3H3. The molecule has 0 aromatic heterocycles. The third-order valence-corrected chi connectivity index (χ3v) is 3.87. The fourth-order valence-corrected chi connectivity index (χ4v) is 2.17. The van der Waals surface area contributed by atoms with Crippen LogP contribution in [0.15, 0.2) is 0 Å². The Hall–Kier alpha value is -0.120. The van der Waals surface area contributed by atoms with E-state index in [0.717, 1.165) is 38.5 Å². The van der Waals surface area contributed by atoms with Gasteiger partial charge in [0, 0.05) is 21.3 Å². The highest BCUT2D eigenvalue weighted by molar-refractivity contribution is 4.59. The molecule has 0 rings (SSSR count). The van der Waals surface area contributed by atoms with Crippen LogP contribution in [-0.2, 0) is 14.2 Å². The quantitative estimate of drug-likeness (QED) is 0.545. The summed E-state index contributed by atoms with van der Waals surface area (Å²) < 4.78 is 15.7. The lowest BCUT2D eigenvalue weighted by molar-refractivity contribution is 0.0685. The van der Waals surface area contributed by atoms with Crippen LogP contribution < -0.4 is 0 Å². The predicted molar refractivity (Wildman–Crippen MR) is 87.4 cm³/mol. The lowest BCUT2D eigenvalue weighted by Crippen LogP contribution is -2.12. The second-order valence-corrected chi connectivity index (χ2v) is 5.14. The monoisotopic (exact) mass is 290 g/mol. The Balaban J connectivity index is 0. The Morgan fingerprint density at radius 3 is 1.00 bits per heavy atom. The van der Waals surface area contributed by atoms with Gasteiger partial charge in [0.15, 0.2) is 0 Å². The van der Waals surface area contributed by atoms with E-state index in [9.17, 15) is 0 Å². The second kappa shape index (κ2) is 16.9. The minimum atomic E-state index is 0.439. The van der Waals surface area contributed by atoms with E-state index >= 15 is 0 Å². The number of ether oxygens (including phenoxy) is 3. The topological polar surface area (TPSA) is 27.7 Å². The maximum atomic E-state index is 5.31. The van der Waals surface area contributed by atoms with Crippen molar-refractivity contribution in [3.63, 3.8) is 0 Å². The predicted octanol–water partition coefficient (Wildman–Crippen LogP) is 4.83. The fourth-order valence-electron chi connectivity index (χ4n) is 2.17. The number of methoxy groups -OCH3 is 3. The van der Waals surface area contributed by atoms with Crippen LogP contribution >= 0.6 is 0 Å². The van der Waals surface area contributed by atoms with E-state index < -0.39 is 0 Å². The van der Waals surface area contributed by atoms with Gasteiger partial charge < -0.3 is 14.2 Å². The molecule has 0 N–H and O–H groups in total. The minimum absolute atomic E-state index is 0.439. The van der Waals surface area contributed by atoms with Gasteiger partial charge in [-0.05, 0) is 44.9 Å². The van der Waals surface area contributed by atoms with E-state index in [1.165, 1.54) is 6.42 Å². The fraction of sp³-hybridized carbons (Fsp3) is 1.00. The third-order valence-electron chi connectivity index (χ3n) is 3.87. The van der Waals surface area contributed by atoms with E-state index in [1.54, 1.807) is 21.3 Å². The Bertz CT molecular complexity index is 144. The molecule has 124 valence electrons. The highest BCUT2D eigenvalue weighted by Gasteiger charge is 2.07. The molecule has 0 aliphatic carbocycles. The zero-order valence-corrected chi connectivity index (χ0v) is 14.9. The van der Waals surface area contributed by atoms with Crippen LogP contribution in [0.1, 0.15) is 72.6 Å². The molecule has 0 aliphatic rings. The third kappa shape index (κ3) is 12.9. The van der Waals surface area contributed by atoms with E-state index in [4.69, 9.17) is 14.2 Å². The maximum Gasteiger partial charge on any atom is 0.0568 e.